The molecule has 1 atom stereocenters. The van der Waals surface area contributed by atoms with Crippen molar-refractivity contribution < 1.29 is 19.7 Å². The Morgan fingerprint density at radius 3 is 2.64 bits per heavy atom. The minimum Gasteiger partial charge on any atom is -0.481 e. The van der Waals surface area contributed by atoms with Crippen LogP contribution in [-0.4, -0.2) is 36.0 Å². The van der Waals surface area contributed by atoms with Gasteiger partial charge < -0.3 is 14.9 Å². The molecular weight excluding hydrogens is 148 g/mol. The van der Waals surface area contributed by atoms with E-state index in [1.807, 2.05) is 0 Å². The van der Waals surface area contributed by atoms with Gasteiger partial charge >= 0.3 is 5.97 Å². The third-order valence-corrected chi connectivity index (χ3v) is 1.35. The Labute approximate surface area is 65.8 Å². The van der Waals surface area contributed by atoms with Crippen LogP contribution < -0.4 is 0 Å². The smallest absolute Gasteiger partial charge is 0.306 e. The fourth-order valence-electron chi connectivity index (χ4n) is 0.550. The first-order valence-electron chi connectivity index (χ1n) is 3.60. The largest absolute Gasteiger partial charge is 0.481 e. The van der Waals surface area contributed by atoms with Crippen LogP contribution in [-0.2, 0) is 9.53 Å². The highest BCUT2D eigenvalue weighted by Gasteiger charge is 2.09. The maximum Gasteiger partial charge on any atom is 0.306 e. The number of ether oxygens (including phenoxy) is 1. The summed E-state index contributed by atoms with van der Waals surface area (Å²) in [7, 11) is 0. The van der Waals surface area contributed by atoms with Gasteiger partial charge in [-0.15, -0.1) is 0 Å². The highest BCUT2D eigenvalue weighted by atomic mass is 16.5. The van der Waals surface area contributed by atoms with Crippen LogP contribution in [0.1, 0.15) is 13.3 Å². The Balaban J connectivity index is 3.17. The Hall–Kier alpha value is -0.610. The lowest BCUT2D eigenvalue weighted by molar-refractivity contribution is -0.141. The number of aliphatic carboxylic acids is 1. The molecule has 0 aromatic carbocycles. The number of rotatable bonds is 6. The lowest BCUT2D eigenvalue weighted by Crippen LogP contribution is -2.12. The first kappa shape index (κ1) is 10.4. The quantitative estimate of drug-likeness (QED) is 0.544. The lowest BCUT2D eigenvalue weighted by Gasteiger charge is -2.05. The van der Waals surface area contributed by atoms with Gasteiger partial charge in [0.15, 0.2) is 0 Å². The van der Waals surface area contributed by atoms with Crippen molar-refractivity contribution in [1.29, 1.82) is 0 Å². The first-order valence-corrected chi connectivity index (χ1v) is 3.60. The van der Waals surface area contributed by atoms with E-state index >= 15 is 0 Å². The van der Waals surface area contributed by atoms with Crippen molar-refractivity contribution in [3.05, 3.63) is 0 Å². The van der Waals surface area contributed by atoms with E-state index in [1.54, 1.807) is 6.92 Å². The summed E-state index contributed by atoms with van der Waals surface area (Å²) >= 11 is 0. The number of aliphatic hydroxyl groups excluding tert-OH is 1. The van der Waals surface area contributed by atoms with Crippen LogP contribution in [0.25, 0.3) is 0 Å². The molecule has 2 N–H and O–H groups in total. The second kappa shape index (κ2) is 6.12. The van der Waals surface area contributed by atoms with Gasteiger partial charge in [-0.3, -0.25) is 4.79 Å². The van der Waals surface area contributed by atoms with Crippen LogP contribution in [0.4, 0.5) is 0 Å². The number of carboxylic acids is 1. The number of carbonyl (C=O) groups is 1. The molecule has 0 aromatic heterocycles. The standard InChI is InChI=1S/C7H14O4/c1-6(7(9)10)2-4-11-5-3-8/h6,8H,2-5H2,1H3,(H,9,10). The van der Waals surface area contributed by atoms with Gasteiger partial charge in [-0.2, -0.15) is 0 Å². The van der Waals surface area contributed by atoms with E-state index in [0.717, 1.165) is 0 Å². The van der Waals surface area contributed by atoms with E-state index in [1.165, 1.54) is 0 Å². The molecule has 0 amide bonds. The Morgan fingerprint density at radius 2 is 2.18 bits per heavy atom. The van der Waals surface area contributed by atoms with Crippen molar-refractivity contribution in [1.82, 2.24) is 0 Å². The molecule has 0 aliphatic heterocycles. The van der Waals surface area contributed by atoms with Crippen LogP contribution in [0.2, 0.25) is 0 Å². The first-order chi connectivity index (χ1) is 5.18. The second-order valence-electron chi connectivity index (χ2n) is 2.36. The molecule has 0 aliphatic rings. The zero-order valence-electron chi connectivity index (χ0n) is 6.62. The van der Waals surface area contributed by atoms with Gasteiger partial charge in [0.2, 0.25) is 0 Å². The van der Waals surface area contributed by atoms with Crippen molar-refractivity contribution in [3.8, 4) is 0 Å². The van der Waals surface area contributed by atoms with E-state index in [9.17, 15) is 4.79 Å². The van der Waals surface area contributed by atoms with Gasteiger partial charge in [0.05, 0.1) is 19.1 Å². The van der Waals surface area contributed by atoms with Crippen LogP contribution in [0.5, 0.6) is 0 Å². The lowest BCUT2D eigenvalue weighted by atomic mass is 10.1. The molecule has 0 rings (SSSR count). The van der Waals surface area contributed by atoms with Crippen molar-refractivity contribution in [2.24, 2.45) is 5.92 Å². The predicted molar refractivity (Wildman–Crippen MR) is 39.3 cm³/mol. The molecule has 11 heavy (non-hydrogen) atoms. The molecule has 0 saturated heterocycles. The molecule has 0 heterocycles. The highest BCUT2D eigenvalue weighted by molar-refractivity contribution is 5.69. The fraction of sp³-hybridized carbons (Fsp3) is 0.857. The number of carboxylic acid groups (broad SMARTS) is 1. The van der Waals surface area contributed by atoms with E-state index in [-0.39, 0.29) is 19.1 Å². The van der Waals surface area contributed by atoms with Crippen LogP contribution in [0.15, 0.2) is 0 Å². The Kier molecular flexibility index (Phi) is 5.78. The monoisotopic (exact) mass is 162 g/mol. The number of hydrogen-bond acceptors (Lipinski definition) is 3. The molecule has 0 saturated carbocycles. The van der Waals surface area contributed by atoms with E-state index in [2.05, 4.69) is 0 Å². The van der Waals surface area contributed by atoms with E-state index in [0.29, 0.717) is 13.0 Å². The fourth-order valence-corrected chi connectivity index (χ4v) is 0.550. The maximum absolute atomic E-state index is 10.3. The summed E-state index contributed by atoms with van der Waals surface area (Å²) in [6.07, 6.45) is 0.495. The van der Waals surface area contributed by atoms with Gasteiger partial charge in [0, 0.05) is 6.61 Å². The second-order valence-corrected chi connectivity index (χ2v) is 2.36. The summed E-state index contributed by atoms with van der Waals surface area (Å²) in [6, 6.07) is 0. The summed E-state index contributed by atoms with van der Waals surface area (Å²) in [5, 5.41) is 16.7. The average molecular weight is 162 g/mol. The zero-order valence-corrected chi connectivity index (χ0v) is 6.62. The summed E-state index contributed by atoms with van der Waals surface area (Å²) in [4.78, 5) is 10.3. The molecular formula is C7H14O4. The van der Waals surface area contributed by atoms with Crippen LogP contribution >= 0.6 is 0 Å². The minimum absolute atomic E-state index is 0.0124. The van der Waals surface area contributed by atoms with Crippen molar-refractivity contribution in [2.45, 2.75) is 13.3 Å². The van der Waals surface area contributed by atoms with Crippen LogP contribution in [0.3, 0.4) is 0 Å². The van der Waals surface area contributed by atoms with Crippen molar-refractivity contribution in [2.75, 3.05) is 19.8 Å². The predicted octanol–water partition coefficient (Wildman–Crippen LogP) is 0.106. The minimum atomic E-state index is -0.808. The Morgan fingerprint density at radius 1 is 1.55 bits per heavy atom. The molecule has 0 aliphatic carbocycles. The van der Waals surface area contributed by atoms with Crippen molar-refractivity contribution >= 4 is 5.97 Å². The molecule has 66 valence electrons. The van der Waals surface area contributed by atoms with Gasteiger partial charge in [0.25, 0.3) is 0 Å². The van der Waals surface area contributed by atoms with Gasteiger partial charge in [-0.05, 0) is 6.42 Å². The third kappa shape index (κ3) is 5.82. The normalized spacial score (nSPS) is 12.9. The molecule has 0 radical (unpaired) electrons. The summed E-state index contributed by atoms with van der Waals surface area (Å²) in [6.45, 7) is 2.30. The van der Waals surface area contributed by atoms with Crippen LogP contribution in [0, 0.1) is 5.92 Å². The molecule has 4 nitrogen and oxygen atoms in total. The molecule has 0 fully saturated rings. The summed E-state index contributed by atoms with van der Waals surface area (Å²) in [5.41, 5.74) is 0. The topological polar surface area (TPSA) is 66.8 Å². The molecule has 0 aromatic rings. The molecule has 0 spiro atoms. The SMILES string of the molecule is CC(CCOCCO)C(=O)O. The number of aliphatic hydroxyl groups is 1. The van der Waals surface area contributed by atoms with Gasteiger partial charge in [0.1, 0.15) is 0 Å². The molecule has 4 heteroatoms. The Bertz CT molecular complexity index is 113. The maximum atomic E-state index is 10.3. The van der Waals surface area contributed by atoms with E-state index < -0.39 is 5.97 Å². The molecule has 1 unspecified atom stereocenters. The highest BCUT2D eigenvalue weighted by Crippen LogP contribution is 2.00. The van der Waals surface area contributed by atoms with Gasteiger partial charge in [-0.1, -0.05) is 6.92 Å². The molecule has 0 bridgehead atoms. The average Bonchev–Trinajstić information content (AvgIpc) is 1.97. The van der Waals surface area contributed by atoms with Gasteiger partial charge in [-0.25, -0.2) is 0 Å². The third-order valence-electron chi connectivity index (χ3n) is 1.35. The van der Waals surface area contributed by atoms with Crippen molar-refractivity contribution in [3.63, 3.8) is 0 Å². The zero-order chi connectivity index (χ0) is 8.69. The number of hydrogen-bond donors (Lipinski definition) is 2. The summed E-state index contributed by atoms with van der Waals surface area (Å²) < 4.78 is 4.89. The van der Waals surface area contributed by atoms with E-state index in [4.69, 9.17) is 14.9 Å². The summed E-state index contributed by atoms with van der Waals surface area (Å²) in [5.74, 6) is -1.17.